The highest BCUT2D eigenvalue weighted by Gasteiger charge is 2.21. The summed E-state index contributed by atoms with van der Waals surface area (Å²) in [5, 5.41) is 10.8. The van der Waals surface area contributed by atoms with E-state index >= 15 is 0 Å². The number of rotatable bonds is 4. The second-order valence-corrected chi connectivity index (χ2v) is 5.83. The van der Waals surface area contributed by atoms with Gasteiger partial charge in [-0.1, -0.05) is 28.1 Å². The Kier molecular flexibility index (Phi) is 4.91. The molecule has 3 nitrogen and oxygen atoms in total. The van der Waals surface area contributed by atoms with Gasteiger partial charge >= 0.3 is 0 Å². The van der Waals surface area contributed by atoms with Crippen LogP contribution in [0.25, 0.3) is 0 Å². The summed E-state index contributed by atoms with van der Waals surface area (Å²) in [7, 11) is 3.22. The minimum atomic E-state index is -0.813. The van der Waals surface area contributed by atoms with Gasteiger partial charge in [-0.15, -0.1) is 0 Å². The van der Waals surface area contributed by atoms with E-state index in [-0.39, 0.29) is 0 Å². The summed E-state index contributed by atoms with van der Waals surface area (Å²) < 4.78 is 11.7. The normalized spacial score (nSPS) is 12.1. The van der Waals surface area contributed by atoms with Crippen molar-refractivity contribution in [1.82, 2.24) is 0 Å². The van der Waals surface area contributed by atoms with E-state index in [1.165, 1.54) is 0 Å². The quantitative estimate of drug-likeness (QED) is 0.899. The Hall–Kier alpha value is -1.52. The van der Waals surface area contributed by atoms with E-state index in [4.69, 9.17) is 9.47 Å². The summed E-state index contributed by atoms with van der Waals surface area (Å²) in [4.78, 5) is 0. The standard InChI is InChI=1S/C17H19BrO3/c1-10-5-7-13(17(21-4)11(10)2)16(19)14-9-12(18)6-8-15(14)20-3/h5-9,16,19H,1-4H3. The first-order valence-electron chi connectivity index (χ1n) is 6.65. The summed E-state index contributed by atoms with van der Waals surface area (Å²) in [6.07, 6.45) is -0.813. The van der Waals surface area contributed by atoms with Crippen molar-refractivity contribution < 1.29 is 14.6 Å². The van der Waals surface area contributed by atoms with Crippen LogP contribution in [0.2, 0.25) is 0 Å². The number of benzene rings is 2. The summed E-state index contributed by atoms with van der Waals surface area (Å²) in [5.41, 5.74) is 3.59. The van der Waals surface area contributed by atoms with Crippen molar-refractivity contribution in [3.05, 3.63) is 57.1 Å². The fourth-order valence-electron chi connectivity index (χ4n) is 2.38. The molecule has 0 aliphatic heterocycles. The van der Waals surface area contributed by atoms with Crippen LogP contribution in [-0.4, -0.2) is 19.3 Å². The van der Waals surface area contributed by atoms with E-state index in [1.54, 1.807) is 14.2 Å². The van der Waals surface area contributed by atoms with Crippen LogP contribution in [0.3, 0.4) is 0 Å². The molecule has 0 bridgehead atoms. The van der Waals surface area contributed by atoms with Crippen LogP contribution in [0.4, 0.5) is 0 Å². The first-order valence-corrected chi connectivity index (χ1v) is 7.44. The number of aliphatic hydroxyl groups is 1. The number of aryl methyl sites for hydroxylation is 1. The molecule has 2 aromatic carbocycles. The number of halogens is 1. The van der Waals surface area contributed by atoms with Gasteiger partial charge in [-0.2, -0.15) is 0 Å². The second-order valence-electron chi connectivity index (χ2n) is 4.92. The fourth-order valence-corrected chi connectivity index (χ4v) is 2.76. The van der Waals surface area contributed by atoms with Gasteiger partial charge in [0.2, 0.25) is 0 Å². The molecule has 0 spiro atoms. The highest BCUT2D eigenvalue weighted by atomic mass is 79.9. The average molecular weight is 351 g/mol. The lowest BCUT2D eigenvalue weighted by Gasteiger charge is -2.20. The molecular formula is C17H19BrO3. The number of methoxy groups -OCH3 is 2. The molecule has 0 aromatic heterocycles. The number of aliphatic hydroxyl groups excluding tert-OH is 1. The molecular weight excluding hydrogens is 332 g/mol. The highest BCUT2D eigenvalue weighted by molar-refractivity contribution is 9.10. The average Bonchev–Trinajstić information content (AvgIpc) is 2.49. The minimum Gasteiger partial charge on any atom is -0.496 e. The van der Waals surface area contributed by atoms with Gasteiger partial charge in [-0.05, 0) is 43.2 Å². The minimum absolute atomic E-state index is 0.644. The molecule has 0 aliphatic rings. The molecule has 4 heteroatoms. The van der Waals surface area contributed by atoms with Gasteiger partial charge in [-0.25, -0.2) is 0 Å². The molecule has 0 heterocycles. The number of hydrogen-bond acceptors (Lipinski definition) is 3. The van der Waals surface area contributed by atoms with Crippen LogP contribution in [0, 0.1) is 13.8 Å². The molecule has 0 amide bonds. The van der Waals surface area contributed by atoms with Crippen LogP contribution in [0.1, 0.15) is 28.4 Å². The van der Waals surface area contributed by atoms with Gasteiger partial charge in [0.25, 0.3) is 0 Å². The van der Waals surface area contributed by atoms with E-state index in [0.717, 1.165) is 21.2 Å². The topological polar surface area (TPSA) is 38.7 Å². The zero-order valence-corrected chi connectivity index (χ0v) is 14.2. The Morgan fingerprint density at radius 3 is 2.33 bits per heavy atom. The lowest BCUT2D eigenvalue weighted by molar-refractivity contribution is 0.209. The zero-order valence-electron chi connectivity index (χ0n) is 12.6. The molecule has 0 radical (unpaired) electrons. The van der Waals surface area contributed by atoms with Crippen LogP contribution in [-0.2, 0) is 0 Å². The summed E-state index contributed by atoms with van der Waals surface area (Å²) in [6, 6.07) is 9.45. The van der Waals surface area contributed by atoms with Gasteiger partial charge in [0, 0.05) is 15.6 Å². The van der Waals surface area contributed by atoms with E-state index in [0.29, 0.717) is 17.1 Å². The summed E-state index contributed by atoms with van der Waals surface area (Å²) >= 11 is 3.43. The third-order valence-electron chi connectivity index (χ3n) is 3.69. The maximum Gasteiger partial charge on any atom is 0.128 e. The maximum absolute atomic E-state index is 10.8. The molecule has 0 saturated carbocycles. The molecule has 1 atom stereocenters. The molecule has 1 unspecified atom stereocenters. The molecule has 1 N–H and O–H groups in total. The highest BCUT2D eigenvalue weighted by Crippen LogP contribution is 2.38. The molecule has 21 heavy (non-hydrogen) atoms. The van der Waals surface area contributed by atoms with Crippen molar-refractivity contribution in [3.8, 4) is 11.5 Å². The number of hydrogen-bond donors (Lipinski definition) is 1. The monoisotopic (exact) mass is 350 g/mol. The van der Waals surface area contributed by atoms with Gasteiger partial charge in [0.15, 0.2) is 0 Å². The molecule has 2 rings (SSSR count). The van der Waals surface area contributed by atoms with Crippen molar-refractivity contribution in [2.24, 2.45) is 0 Å². The SMILES string of the molecule is COc1ccc(Br)cc1C(O)c1ccc(C)c(C)c1OC. The molecule has 2 aromatic rings. The first-order chi connectivity index (χ1) is 9.99. The molecule has 0 aliphatic carbocycles. The third-order valence-corrected chi connectivity index (χ3v) is 4.19. The van der Waals surface area contributed by atoms with Crippen LogP contribution >= 0.6 is 15.9 Å². The molecule has 112 valence electrons. The van der Waals surface area contributed by atoms with Crippen LogP contribution < -0.4 is 9.47 Å². The Balaban J connectivity index is 2.57. The number of ether oxygens (including phenoxy) is 2. The van der Waals surface area contributed by atoms with Crippen molar-refractivity contribution in [1.29, 1.82) is 0 Å². The smallest absolute Gasteiger partial charge is 0.128 e. The van der Waals surface area contributed by atoms with Crippen molar-refractivity contribution in [3.63, 3.8) is 0 Å². The predicted molar refractivity (Wildman–Crippen MR) is 87.2 cm³/mol. The maximum atomic E-state index is 10.8. The Bertz CT molecular complexity index is 653. The van der Waals surface area contributed by atoms with E-state index in [9.17, 15) is 5.11 Å². The lowest BCUT2D eigenvalue weighted by atomic mass is 9.96. The second kappa shape index (κ2) is 6.50. The van der Waals surface area contributed by atoms with Crippen molar-refractivity contribution in [2.45, 2.75) is 20.0 Å². The van der Waals surface area contributed by atoms with E-state index in [2.05, 4.69) is 15.9 Å². The molecule has 0 fully saturated rings. The third kappa shape index (κ3) is 3.06. The van der Waals surface area contributed by atoms with Gasteiger partial charge < -0.3 is 14.6 Å². The summed E-state index contributed by atoms with van der Waals surface area (Å²) in [5.74, 6) is 1.36. The zero-order chi connectivity index (χ0) is 15.6. The Morgan fingerprint density at radius 2 is 1.71 bits per heavy atom. The van der Waals surface area contributed by atoms with Crippen LogP contribution in [0.15, 0.2) is 34.8 Å². The largest absolute Gasteiger partial charge is 0.496 e. The van der Waals surface area contributed by atoms with Gasteiger partial charge in [0.05, 0.1) is 14.2 Å². The fraction of sp³-hybridized carbons (Fsp3) is 0.294. The first kappa shape index (κ1) is 15.9. The van der Waals surface area contributed by atoms with Gasteiger partial charge in [-0.3, -0.25) is 0 Å². The van der Waals surface area contributed by atoms with E-state index < -0.39 is 6.10 Å². The van der Waals surface area contributed by atoms with Crippen molar-refractivity contribution >= 4 is 15.9 Å². The van der Waals surface area contributed by atoms with E-state index in [1.807, 2.05) is 44.2 Å². The van der Waals surface area contributed by atoms with Gasteiger partial charge in [0.1, 0.15) is 17.6 Å². The van der Waals surface area contributed by atoms with Crippen molar-refractivity contribution in [2.75, 3.05) is 14.2 Å². The molecule has 0 saturated heterocycles. The summed E-state index contributed by atoms with van der Waals surface area (Å²) in [6.45, 7) is 4.01. The Morgan fingerprint density at radius 1 is 1.00 bits per heavy atom. The predicted octanol–water partition coefficient (Wildman–Crippen LogP) is 4.16. The lowest BCUT2D eigenvalue weighted by Crippen LogP contribution is -2.06. The van der Waals surface area contributed by atoms with Crippen LogP contribution in [0.5, 0.6) is 11.5 Å². The Labute approximate surface area is 133 Å².